The van der Waals surface area contributed by atoms with Gasteiger partial charge in [-0.1, -0.05) is 12.8 Å². The van der Waals surface area contributed by atoms with Crippen molar-refractivity contribution in [3.63, 3.8) is 0 Å². The molecule has 0 spiro atoms. The van der Waals surface area contributed by atoms with Crippen LogP contribution in [-0.2, 0) is 0 Å². The molecule has 1 aromatic heterocycles. The highest BCUT2D eigenvalue weighted by atomic mass is 16.3. The largest absolute Gasteiger partial charge is 0.396 e. The number of likely N-dealkylation sites (tertiary alicyclic amines) is 1. The van der Waals surface area contributed by atoms with Gasteiger partial charge in [0, 0.05) is 39.0 Å². The summed E-state index contributed by atoms with van der Waals surface area (Å²) in [5.41, 5.74) is 0.655. The van der Waals surface area contributed by atoms with Crippen LogP contribution in [0.1, 0.15) is 48.9 Å². The van der Waals surface area contributed by atoms with Crippen molar-refractivity contribution in [3.8, 4) is 0 Å². The summed E-state index contributed by atoms with van der Waals surface area (Å²) in [6.45, 7) is 3.72. The average molecular weight is 317 g/mol. The van der Waals surface area contributed by atoms with Crippen molar-refractivity contribution in [2.24, 2.45) is 5.92 Å². The van der Waals surface area contributed by atoms with E-state index in [1.54, 1.807) is 6.20 Å². The Hall–Kier alpha value is -1.62. The van der Waals surface area contributed by atoms with E-state index in [4.69, 9.17) is 0 Å². The van der Waals surface area contributed by atoms with Crippen molar-refractivity contribution in [3.05, 3.63) is 23.9 Å². The predicted octanol–water partition coefficient (Wildman–Crippen LogP) is 2.31. The van der Waals surface area contributed by atoms with Crippen LogP contribution >= 0.6 is 0 Å². The fourth-order valence-corrected chi connectivity index (χ4v) is 3.58. The van der Waals surface area contributed by atoms with Gasteiger partial charge in [0.1, 0.15) is 5.82 Å². The summed E-state index contributed by atoms with van der Waals surface area (Å²) >= 11 is 0. The number of nitrogens with zero attached hydrogens (tertiary/aromatic N) is 3. The minimum atomic E-state index is 0.0399. The van der Waals surface area contributed by atoms with Crippen LogP contribution in [0.25, 0.3) is 0 Å². The zero-order valence-electron chi connectivity index (χ0n) is 13.8. The number of hydrogen-bond acceptors (Lipinski definition) is 4. The van der Waals surface area contributed by atoms with E-state index in [-0.39, 0.29) is 18.4 Å². The molecule has 3 rings (SSSR count). The maximum atomic E-state index is 12.6. The van der Waals surface area contributed by atoms with Crippen LogP contribution in [-0.4, -0.2) is 53.7 Å². The Bertz CT molecular complexity index is 510. The van der Waals surface area contributed by atoms with E-state index < -0.39 is 0 Å². The second-order valence-corrected chi connectivity index (χ2v) is 6.75. The maximum Gasteiger partial charge on any atom is 0.255 e. The summed E-state index contributed by atoms with van der Waals surface area (Å²) in [7, 11) is 0. The number of hydrogen-bond donors (Lipinski definition) is 1. The Morgan fingerprint density at radius 2 is 1.91 bits per heavy atom. The highest BCUT2D eigenvalue weighted by Gasteiger charge is 2.24. The number of amides is 1. The number of pyridine rings is 1. The monoisotopic (exact) mass is 317 g/mol. The second kappa shape index (κ2) is 7.77. The highest BCUT2D eigenvalue weighted by molar-refractivity contribution is 5.94. The van der Waals surface area contributed by atoms with Gasteiger partial charge in [-0.25, -0.2) is 4.98 Å². The summed E-state index contributed by atoms with van der Waals surface area (Å²) in [6.07, 6.45) is 8.73. The van der Waals surface area contributed by atoms with Crippen LogP contribution < -0.4 is 4.90 Å². The molecule has 5 nitrogen and oxygen atoms in total. The van der Waals surface area contributed by atoms with Crippen LogP contribution in [0, 0.1) is 5.92 Å². The number of aliphatic hydroxyl groups is 1. The average Bonchev–Trinajstić information content (AvgIpc) is 2.91. The highest BCUT2D eigenvalue weighted by Crippen LogP contribution is 2.20. The summed E-state index contributed by atoms with van der Waals surface area (Å²) in [6, 6.07) is 3.88. The molecule has 2 fully saturated rings. The fraction of sp³-hybridized carbons (Fsp3) is 0.667. The Kier molecular flexibility index (Phi) is 5.49. The summed E-state index contributed by atoms with van der Waals surface area (Å²) in [4.78, 5) is 21.3. The van der Waals surface area contributed by atoms with Gasteiger partial charge in [0.2, 0.25) is 0 Å². The molecule has 2 aliphatic rings. The predicted molar refractivity (Wildman–Crippen MR) is 90.6 cm³/mol. The number of aliphatic hydroxyl groups excluding tert-OH is 1. The number of aromatic nitrogens is 1. The number of carbonyl (C=O) groups excluding carboxylic acids is 1. The van der Waals surface area contributed by atoms with E-state index in [1.165, 1.54) is 25.7 Å². The molecule has 2 saturated heterocycles. The molecule has 0 radical (unpaired) electrons. The molecule has 1 aromatic rings. The summed E-state index contributed by atoms with van der Waals surface area (Å²) in [5.74, 6) is 1.24. The third kappa shape index (κ3) is 4.02. The third-order valence-corrected chi connectivity index (χ3v) is 4.99. The zero-order chi connectivity index (χ0) is 16.1. The molecule has 5 heteroatoms. The normalized spacial score (nSPS) is 22.7. The van der Waals surface area contributed by atoms with Crippen LogP contribution in [0.2, 0.25) is 0 Å². The Morgan fingerprint density at radius 1 is 1.13 bits per heavy atom. The quantitative estimate of drug-likeness (QED) is 0.929. The lowest BCUT2D eigenvalue weighted by Crippen LogP contribution is -2.41. The maximum absolute atomic E-state index is 12.6. The van der Waals surface area contributed by atoms with Gasteiger partial charge >= 0.3 is 0 Å². The lowest BCUT2D eigenvalue weighted by atomic mass is 9.98. The molecular formula is C18H27N3O2. The van der Waals surface area contributed by atoms with E-state index in [0.717, 1.165) is 38.3 Å². The van der Waals surface area contributed by atoms with Crippen LogP contribution in [0.5, 0.6) is 0 Å². The molecule has 1 unspecified atom stereocenters. The Labute approximate surface area is 138 Å². The van der Waals surface area contributed by atoms with Crippen molar-refractivity contribution < 1.29 is 9.90 Å². The molecule has 0 bridgehead atoms. The minimum absolute atomic E-state index is 0.0399. The standard InChI is InChI=1S/C18H27N3O2/c22-14-15-6-5-11-21(13-15)18(23)16-7-8-17(19-12-16)20-9-3-1-2-4-10-20/h7-8,12,15,22H,1-6,9-11,13-14H2. The van der Waals surface area contributed by atoms with Crippen LogP contribution in [0.15, 0.2) is 18.3 Å². The first kappa shape index (κ1) is 16.2. The van der Waals surface area contributed by atoms with Gasteiger partial charge in [0.15, 0.2) is 0 Å². The van der Waals surface area contributed by atoms with Crippen LogP contribution in [0.3, 0.4) is 0 Å². The zero-order valence-corrected chi connectivity index (χ0v) is 13.8. The SMILES string of the molecule is O=C(c1ccc(N2CCCCCC2)nc1)N1CCCC(CO)C1. The Morgan fingerprint density at radius 3 is 2.57 bits per heavy atom. The van der Waals surface area contributed by atoms with Crippen molar-refractivity contribution >= 4 is 11.7 Å². The molecule has 1 amide bonds. The van der Waals surface area contributed by atoms with Gasteiger partial charge in [-0.15, -0.1) is 0 Å². The molecule has 126 valence electrons. The lowest BCUT2D eigenvalue weighted by molar-refractivity contribution is 0.0620. The van der Waals surface area contributed by atoms with Gasteiger partial charge in [-0.3, -0.25) is 4.79 Å². The first-order chi connectivity index (χ1) is 11.3. The van der Waals surface area contributed by atoms with Gasteiger partial charge in [0.25, 0.3) is 5.91 Å². The topological polar surface area (TPSA) is 56.7 Å². The van der Waals surface area contributed by atoms with Crippen molar-refractivity contribution in [1.29, 1.82) is 0 Å². The summed E-state index contributed by atoms with van der Waals surface area (Å²) < 4.78 is 0. The first-order valence-electron chi connectivity index (χ1n) is 8.89. The number of rotatable bonds is 3. The molecule has 0 saturated carbocycles. The van der Waals surface area contributed by atoms with Gasteiger partial charge in [-0.05, 0) is 43.7 Å². The van der Waals surface area contributed by atoms with E-state index in [1.807, 2.05) is 17.0 Å². The fourth-order valence-electron chi connectivity index (χ4n) is 3.58. The summed E-state index contributed by atoms with van der Waals surface area (Å²) in [5, 5.41) is 9.31. The van der Waals surface area contributed by atoms with Gasteiger partial charge in [0.05, 0.1) is 5.56 Å². The van der Waals surface area contributed by atoms with Crippen molar-refractivity contribution in [1.82, 2.24) is 9.88 Å². The smallest absolute Gasteiger partial charge is 0.255 e. The van der Waals surface area contributed by atoms with Gasteiger partial charge < -0.3 is 14.9 Å². The molecule has 23 heavy (non-hydrogen) atoms. The molecule has 0 aromatic carbocycles. The molecule has 1 atom stereocenters. The lowest BCUT2D eigenvalue weighted by Gasteiger charge is -2.32. The first-order valence-corrected chi connectivity index (χ1v) is 8.89. The molecule has 3 heterocycles. The molecule has 1 N–H and O–H groups in total. The van der Waals surface area contributed by atoms with Crippen LogP contribution in [0.4, 0.5) is 5.82 Å². The third-order valence-electron chi connectivity index (χ3n) is 4.99. The Balaban J connectivity index is 1.65. The van der Waals surface area contributed by atoms with E-state index in [2.05, 4.69) is 9.88 Å². The van der Waals surface area contributed by atoms with E-state index in [9.17, 15) is 9.90 Å². The van der Waals surface area contributed by atoms with Crippen molar-refractivity contribution in [2.75, 3.05) is 37.7 Å². The van der Waals surface area contributed by atoms with Crippen molar-refractivity contribution in [2.45, 2.75) is 38.5 Å². The van der Waals surface area contributed by atoms with E-state index >= 15 is 0 Å². The number of anilines is 1. The molecule has 2 aliphatic heterocycles. The minimum Gasteiger partial charge on any atom is -0.396 e. The van der Waals surface area contributed by atoms with E-state index in [0.29, 0.717) is 12.1 Å². The second-order valence-electron chi connectivity index (χ2n) is 6.75. The number of carbonyl (C=O) groups is 1. The van der Waals surface area contributed by atoms with Gasteiger partial charge in [-0.2, -0.15) is 0 Å². The molecular weight excluding hydrogens is 290 g/mol. The number of piperidine rings is 1. The molecule has 0 aliphatic carbocycles.